The molecule has 1 aliphatic heterocycles. The summed E-state index contributed by atoms with van der Waals surface area (Å²) in [5.74, 6) is -0.0352. The Morgan fingerprint density at radius 3 is 2.35 bits per heavy atom. The van der Waals surface area contributed by atoms with Gasteiger partial charge in [-0.3, -0.25) is 9.36 Å². The van der Waals surface area contributed by atoms with Crippen LogP contribution in [0.3, 0.4) is 0 Å². The van der Waals surface area contributed by atoms with E-state index >= 15 is 0 Å². The number of esters is 2. The number of aryl methyl sites for hydroxylation is 1. The Labute approximate surface area is 286 Å². The van der Waals surface area contributed by atoms with Crippen molar-refractivity contribution in [3.05, 3.63) is 138 Å². The first-order valence-corrected chi connectivity index (χ1v) is 16.4. The van der Waals surface area contributed by atoms with Gasteiger partial charge in [0.25, 0.3) is 5.56 Å². The Balaban J connectivity index is 1.59. The highest BCUT2D eigenvalue weighted by atomic mass is 32.1. The molecule has 11 heteroatoms. The van der Waals surface area contributed by atoms with E-state index in [1.807, 2.05) is 73.0 Å². The predicted octanol–water partition coefficient (Wildman–Crippen LogP) is 5.15. The number of aromatic nitrogens is 2. The fourth-order valence-electron chi connectivity index (χ4n) is 6.14. The van der Waals surface area contributed by atoms with Crippen LogP contribution in [0.5, 0.6) is 11.5 Å². The molecule has 0 N–H and O–H groups in total. The second-order valence-electron chi connectivity index (χ2n) is 11.2. The lowest BCUT2D eigenvalue weighted by Crippen LogP contribution is -2.40. The SMILES string of the molecule is CCOC(=O)C1=C(c2ccccc2)N=c2s/c(=C/c3cc(C)n(-c4cccc(C(=O)OC)c4)c3C)c(=O)n2[C@@H]1c1ccc(OC)c(OC)c1. The number of fused-ring (bicyclic) bond motifs is 1. The van der Waals surface area contributed by atoms with Crippen molar-refractivity contribution < 1.29 is 28.5 Å². The summed E-state index contributed by atoms with van der Waals surface area (Å²) in [5.41, 5.74) is 5.53. The van der Waals surface area contributed by atoms with Crippen LogP contribution >= 0.6 is 11.3 Å². The topological polar surface area (TPSA) is 110 Å². The minimum absolute atomic E-state index is 0.144. The summed E-state index contributed by atoms with van der Waals surface area (Å²) < 4.78 is 25.6. The number of rotatable bonds is 9. The highest BCUT2D eigenvalue weighted by molar-refractivity contribution is 7.07. The van der Waals surface area contributed by atoms with Crippen LogP contribution in [0, 0.1) is 13.8 Å². The minimum Gasteiger partial charge on any atom is -0.493 e. The molecular formula is C38H35N3O7S. The van der Waals surface area contributed by atoms with Crippen LogP contribution in [0.2, 0.25) is 0 Å². The summed E-state index contributed by atoms with van der Waals surface area (Å²) in [6.45, 7) is 5.81. The lowest BCUT2D eigenvalue weighted by molar-refractivity contribution is -0.138. The molecule has 1 atom stereocenters. The molecule has 0 saturated heterocycles. The van der Waals surface area contributed by atoms with Crippen LogP contribution in [0.25, 0.3) is 17.5 Å². The molecule has 0 aliphatic carbocycles. The number of methoxy groups -OCH3 is 3. The molecule has 0 bridgehead atoms. The number of hydrogen-bond acceptors (Lipinski definition) is 9. The van der Waals surface area contributed by atoms with Gasteiger partial charge in [0.05, 0.1) is 55.3 Å². The molecule has 1 aliphatic rings. The zero-order valence-electron chi connectivity index (χ0n) is 28.0. The van der Waals surface area contributed by atoms with E-state index in [1.165, 1.54) is 25.6 Å². The molecule has 10 nitrogen and oxygen atoms in total. The van der Waals surface area contributed by atoms with Gasteiger partial charge in [0.15, 0.2) is 16.3 Å². The maximum atomic E-state index is 14.5. The fraction of sp³-hybridized carbons (Fsp3) is 0.211. The average Bonchev–Trinajstić information content (AvgIpc) is 3.59. The van der Waals surface area contributed by atoms with E-state index < -0.39 is 18.0 Å². The minimum atomic E-state index is -0.874. The van der Waals surface area contributed by atoms with Crippen LogP contribution in [0.15, 0.2) is 94.2 Å². The van der Waals surface area contributed by atoms with Crippen molar-refractivity contribution in [2.75, 3.05) is 27.9 Å². The molecule has 0 spiro atoms. The van der Waals surface area contributed by atoms with Gasteiger partial charge in [0.1, 0.15) is 0 Å². The van der Waals surface area contributed by atoms with Crippen molar-refractivity contribution in [2.45, 2.75) is 26.8 Å². The lowest BCUT2D eigenvalue weighted by Gasteiger charge is -2.26. The maximum absolute atomic E-state index is 14.5. The van der Waals surface area contributed by atoms with Gasteiger partial charge in [0.2, 0.25) is 0 Å². The molecule has 2 aromatic heterocycles. The Bertz CT molecular complexity index is 2300. The van der Waals surface area contributed by atoms with Crippen molar-refractivity contribution >= 4 is 35.0 Å². The van der Waals surface area contributed by atoms with E-state index in [4.69, 9.17) is 23.9 Å². The van der Waals surface area contributed by atoms with Gasteiger partial charge >= 0.3 is 11.9 Å². The maximum Gasteiger partial charge on any atom is 0.338 e. The monoisotopic (exact) mass is 677 g/mol. The normalized spacial score (nSPS) is 14.2. The van der Waals surface area contributed by atoms with Gasteiger partial charge in [0, 0.05) is 22.6 Å². The summed E-state index contributed by atoms with van der Waals surface area (Å²) in [7, 11) is 4.43. The van der Waals surface area contributed by atoms with Gasteiger partial charge in [-0.25, -0.2) is 14.6 Å². The Kier molecular flexibility index (Phi) is 9.37. The van der Waals surface area contributed by atoms with Crippen LogP contribution in [0.1, 0.15) is 51.4 Å². The summed E-state index contributed by atoms with van der Waals surface area (Å²) in [6.07, 6.45) is 1.84. The zero-order chi connectivity index (χ0) is 34.8. The van der Waals surface area contributed by atoms with E-state index in [0.717, 1.165) is 22.6 Å². The van der Waals surface area contributed by atoms with Gasteiger partial charge in [-0.05, 0) is 74.4 Å². The summed E-state index contributed by atoms with van der Waals surface area (Å²) >= 11 is 1.24. The summed E-state index contributed by atoms with van der Waals surface area (Å²) in [4.78, 5) is 45.9. The van der Waals surface area contributed by atoms with E-state index in [-0.39, 0.29) is 17.7 Å². The first kappa shape index (κ1) is 33.2. The molecule has 3 aromatic carbocycles. The second-order valence-corrected chi connectivity index (χ2v) is 12.3. The van der Waals surface area contributed by atoms with Crippen LogP contribution in [-0.4, -0.2) is 49.0 Å². The van der Waals surface area contributed by atoms with Crippen LogP contribution < -0.4 is 24.4 Å². The highest BCUT2D eigenvalue weighted by Gasteiger charge is 2.35. The number of benzene rings is 3. The number of hydrogen-bond donors (Lipinski definition) is 0. The van der Waals surface area contributed by atoms with E-state index in [2.05, 4.69) is 0 Å². The summed E-state index contributed by atoms with van der Waals surface area (Å²) in [6, 6.07) is 23.0. The molecular weight excluding hydrogens is 642 g/mol. The zero-order valence-corrected chi connectivity index (χ0v) is 28.8. The summed E-state index contributed by atoms with van der Waals surface area (Å²) in [5, 5.41) is 0. The average molecular weight is 678 g/mol. The first-order chi connectivity index (χ1) is 23.7. The Hall–Kier alpha value is -5.68. The van der Waals surface area contributed by atoms with Gasteiger partial charge in [-0.15, -0.1) is 0 Å². The molecule has 0 saturated carbocycles. The van der Waals surface area contributed by atoms with Gasteiger partial charge < -0.3 is 23.5 Å². The first-order valence-electron chi connectivity index (χ1n) is 15.6. The van der Waals surface area contributed by atoms with Crippen LogP contribution in [0.4, 0.5) is 0 Å². The standard InChI is InChI=1S/C38H35N3O7S/c1-7-48-37(44)32-33(24-12-9-8-10-13-24)39-38-41(34(32)25-16-17-29(45-4)30(20-25)46-5)35(42)31(49-38)21-27-18-22(2)40(23(27)3)28-15-11-14-26(19-28)36(43)47-6/h8-21,34H,7H2,1-6H3/b31-21+/t34-/m1/s1. The van der Waals surface area contributed by atoms with Crippen LogP contribution in [-0.2, 0) is 14.3 Å². The molecule has 0 unspecified atom stereocenters. The number of carbonyl (C=O) groups excluding carboxylic acids is 2. The fourth-order valence-corrected chi connectivity index (χ4v) is 7.13. The third-order valence-electron chi connectivity index (χ3n) is 8.38. The van der Waals surface area contributed by atoms with E-state index in [1.54, 1.807) is 48.9 Å². The van der Waals surface area contributed by atoms with Crippen molar-refractivity contribution in [3.63, 3.8) is 0 Å². The highest BCUT2D eigenvalue weighted by Crippen LogP contribution is 2.38. The quantitative estimate of drug-likeness (QED) is 0.199. The van der Waals surface area contributed by atoms with E-state index in [0.29, 0.717) is 43.2 Å². The molecule has 6 rings (SSSR count). The van der Waals surface area contributed by atoms with E-state index in [9.17, 15) is 14.4 Å². The number of ether oxygens (including phenoxy) is 4. The Morgan fingerprint density at radius 2 is 1.65 bits per heavy atom. The largest absolute Gasteiger partial charge is 0.493 e. The molecule has 49 heavy (non-hydrogen) atoms. The molecule has 3 heterocycles. The number of nitrogens with zero attached hydrogens (tertiary/aromatic N) is 3. The van der Waals surface area contributed by atoms with Gasteiger partial charge in [-0.2, -0.15) is 0 Å². The molecule has 0 fully saturated rings. The number of thiazole rings is 1. The smallest absolute Gasteiger partial charge is 0.338 e. The van der Waals surface area contributed by atoms with Crippen molar-refractivity contribution in [2.24, 2.45) is 4.99 Å². The molecule has 5 aromatic rings. The third kappa shape index (κ3) is 6.09. The third-order valence-corrected chi connectivity index (χ3v) is 9.36. The van der Waals surface area contributed by atoms with Crippen molar-refractivity contribution in [1.29, 1.82) is 0 Å². The Morgan fingerprint density at radius 1 is 0.898 bits per heavy atom. The van der Waals surface area contributed by atoms with Crippen molar-refractivity contribution in [3.8, 4) is 17.2 Å². The molecule has 0 amide bonds. The van der Waals surface area contributed by atoms with Gasteiger partial charge in [-0.1, -0.05) is 53.8 Å². The molecule has 250 valence electrons. The molecule has 0 radical (unpaired) electrons. The number of carbonyl (C=O) groups is 2. The second kappa shape index (κ2) is 13.8. The van der Waals surface area contributed by atoms with Crippen molar-refractivity contribution in [1.82, 2.24) is 9.13 Å². The predicted molar refractivity (Wildman–Crippen MR) is 187 cm³/mol. The lowest BCUT2D eigenvalue weighted by atomic mass is 9.93.